The molecule has 1 N–H and O–H groups in total. The second-order valence-corrected chi connectivity index (χ2v) is 9.14. The Labute approximate surface area is 181 Å². The highest BCUT2D eigenvalue weighted by atomic mass is 35.5. The Bertz CT molecular complexity index is 1030. The van der Waals surface area contributed by atoms with E-state index in [-0.39, 0.29) is 0 Å². The number of hydrogen-bond donors (Lipinski definition) is 1. The van der Waals surface area contributed by atoms with E-state index in [9.17, 15) is 0 Å². The van der Waals surface area contributed by atoms with Gasteiger partial charge in [-0.1, -0.05) is 11.6 Å². The van der Waals surface area contributed by atoms with Crippen LogP contribution in [0.1, 0.15) is 56.0 Å². The van der Waals surface area contributed by atoms with Gasteiger partial charge >= 0.3 is 0 Å². The van der Waals surface area contributed by atoms with Gasteiger partial charge in [0.15, 0.2) is 0 Å². The number of aromatic nitrogens is 6. The maximum absolute atomic E-state index is 6.50. The van der Waals surface area contributed by atoms with Crippen molar-refractivity contribution in [2.24, 2.45) is 13.0 Å². The summed E-state index contributed by atoms with van der Waals surface area (Å²) in [6, 6.07) is 2.93. The average molecular weight is 426 g/mol. The first-order chi connectivity index (χ1) is 14.6. The third kappa shape index (κ3) is 3.95. The summed E-state index contributed by atoms with van der Waals surface area (Å²) in [6.45, 7) is 2.12. The van der Waals surface area contributed by atoms with Gasteiger partial charge in [-0.3, -0.25) is 9.36 Å². The topological polar surface area (TPSA) is 73.5 Å². The van der Waals surface area contributed by atoms with Gasteiger partial charge in [-0.15, -0.1) is 0 Å². The predicted molar refractivity (Wildman–Crippen MR) is 118 cm³/mol. The van der Waals surface area contributed by atoms with Crippen LogP contribution in [-0.2, 0) is 13.5 Å². The monoisotopic (exact) mass is 425 g/mol. The number of rotatable bonds is 6. The molecule has 158 valence electrons. The van der Waals surface area contributed by atoms with Gasteiger partial charge in [0.2, 0.25) is 5.95 Å². The molecule has 0 bridgehead atoms. The summed E-state index contributed by atoms with van der Waals surface area (Å²) in [4.78, 5) is 9.25. The van der Waals surface area contributed by atoms with E-state index in [4.69, 9.17) is 16.6 Å². The molecule has 2 aliphatic rings. The summed E-state index contributed by atoms with van der Waals surface area (Å²) in [5.74, 6) is 1.42. The molecule has 3 heterocycles. The molecule has 3 aromatic rings. The Hall–Kier alpha value is -2.41. The predicted octanol–water partition coefficient (Wildman–Crippen LogP) is 4.58. The van der Waals surface area contributed by atoms with Crippen LogP contribution in [0.15, 0.2) is 24.7 Å². The minimum absolute atomic E-state index is 0.367. The molecule has 2 fully saturated rings. The Morgan fingerprint density at radius 2 is 1.90 bits per heavy atom. The molecule has 5 rings (SSSR count). The van der Waals surface area contributed by atoms with Crippen LogP contribution in [0.2, 0.25) is 5.02 Å². The number of hydrogen-bond acceptors (Lipinski definition) is 5. The van der Waals surface area contributed by atoms with Gasteiger partial charge in [0, 0.05) is 36.2 Å². The zero-order valence-corrected chi connectivity index (χ0v) is 18.3. The van der Waals surface area contributed by atoms with Crippen molar-refractivity contribution < 1.29 is 0 Å². The lowest BCUT2D eigenvalue weighted by molar-refractivity contribution is 0.309. The van der Waals surface area contributed by atoms with Crippen molar-refractivity contribution >= 4 is 17.5 Å². The summed E-state index contributed by atoms with van der Waals surface area (Å²) in [7, 11) is 2.00. The summed E-state index contributed by atoms with van der Waals surface area (Å²) >= 11 is 6.50. The Morgan fingerprint density at radius 1 is 1.10 bits per heavy atom. The number of aryl methyl sites for hydroxylation is 2. The fraction of sp³-hybridized carbons (Fsp3) is 0.545. The first-order valence-electron chi connectivity index (χ1n) is 10.9. The molecular formula is C22H28ClN7. The molecule has 2 aliphatic carbocycles. The fourth-order valence-corrected chi connectivity index (χ4v) is 4.73. The first-order valence-corrected chi connectivity index (χ1v) is 11.3. The molecule has 0 saturated heterocycles. The second kappa shape index (κ2) is 8.02. The Kier molecular flexibility index (Phi) is 5.23. The summed E-state index contributed by atoms with van der Waals surface area (Å²) in [6.07, 6.45) is 13.5. The van der Waals surface area contributed by atoms with E-state index in [1.54, 1.807) is 6.20 Å². The van der Waals surface area contributed by atoms with Gasteiger partial charge in [-0.25, -0.2) is 9.97 Å². The minimum atomic E-state index is 0.367. The summed E-state index contributed by atoms with van der Waals surface area (Å²) in [5.41, 5.74) is 4.24. The van der Waals surface area contributed by atoms with Gasteiger partial charge in [-0.2, -0.15) is 10.2 Å². The van der Waals surface area contributed by atoms with Gasteiger partial charge < -0.3 is 5.32 Å². The molecule has 7 nitrogen and oxygen atoms in total. The SMILES string of the molecule is Cc1ccnn1C1CCC(Nc2ncc(Cl)c(-c3cnn(C)c3CC3CC3)n2)CC1. The maximum Gasteiger partial charge on any atom is 0.223 e. The summed E-state index contributed by atoms with van der Waals surface area (Å²) in [5, 5.41) is 13.1. The molecule has 2 saturated carbocycles. The highest BCUT2D eigenvalue weighted by Gasteiger charge is 2.27. The minimum Gasteiger partial charge on any atom is -0.351 e. The quantitative estimate of drug-likeness (QED) is 0.625. The molecule has 0 amide bonds. The first kappa shape index (κ1) is 19.5. The maximum atomic E-state index is 6.50. The van der Waals surface area contributed by atoms with Crippen molar-refractivity contribution in [3.63, 3.8) is 0 Å². The Morgan fingerprint density at radius 3 is 2.60 bits per heavy atom. The Balaban J connectivity index is 1.30. The average Bonchev–Trinajstić information content (AvgIpc) is 3.36. The number of anilines is 1. The number of halogens is 1. The number of nitrogens with one attached hydrogen (secondary N) is 1. The molecule has 0 unspecified atom stereocenters. The van der Waals surface area contributed by atoms with Crippen LogP contribution < -0.4 is 5.32 Å². The lowest BCUT2D eigenvalue weighted by atomic mass is 9.91. The third-order valence-corrected chi connectivity index (χ3v) is 6.76. The van der Waals surface area contributed by atoms with Crippen LogP contribution in [0, 0.1) is 12.8 Å². The summed E-state index contributed by atoms with van der Waals surface area (Å²) < 4.78 is 4.12. The molecule has 0 aliphatic heterocycles. The van der Waals surface area contributed by atoms with E-state index in [2.05, 4.69) is 38.2 Å². The van der Waals surface area contributed by atoms with Crippen molar-refractivity contribution in [1.82, 2.24) is 29.5 Å². The van der Waals surface area contributed by atoms with Crippen LogP contribution in [-0.4, -0.2) is 35.6 Å². The van der Waals surface area contributed by atoms with Crippen molar-refractivity contribution in [3.05, 3.63) is 41.1 Å². The highest BCUT2D eigenvalue weighted by molar-refractivity contribution is 6.32. The van der Waals surface area contributed by atoms with Crippen LogP contribution in [0.4, 0.5) is 5.95 Å². The molecule has 0 radical (unpaired) electrons. The van der Waals surface area contributed by atoms with Crippen LogP contribution in [0.5, 0.6) is 0 Å². The zero-order valence-electron chi connectivity index (χ0n) is 17.6. The zero-order chi connectivity index (χ0) is 20.7. The lowest BCUT2D eigenvalue weighted by Gasteiger charge is -2.30. The molecular weight excluding hydrogens is 398 g/mol. The standard InChI is InChI=1S/C22H28ClN7/c1-14-9-10-25-30(14)17-7-5-16(6-8-17)27-22-24-13-19(23)21(28-22)18-12-26-29(2)20(18)11-15-3-4-15/h9-10,12-13,15-17H,3-8,11H2,1-2H3,(H,24,27,28). The molecule has 0 aromatic carbocycles. The van der Waals surface area contributed by atoms with Gasteiger partial charge in [0.1, 0.15) is 0 Å². The van der Waals surface area contributed by atoms with Crippen LogP contribution in [0.25, 0.3) is 11.3 Å². The van der Waals surface area contributed by atoms with Crippen LogP contribution in [0.3, 0.4) is 0 Å². The molecule has 0 atom stereocenters. The van der Waals surface area contributed by atoms with Gasteiger partial charge in [0.25, 0.3) is 0 Å². The van der Waals surface area contributed by atoms with Crippen molar-refractivity contribution in [1.29, 1.82) is 0 Å². The second-order valence-electron chi connectivity index (χ2n) is 8.73. The van der Waals surface area contributed by atoms with Gasteiger partial charge in [-0.05, 0) is 63.9 Å². The van der Waals surface area contributed by atoms with Crippen molar-refractivity contribution in [2.45, 2.75) is 64.0 Å². The molecule has 30 heavy (non-hydrogen) atoms. The molecule has 3 aromatic heterocycles. The fourth-order valence-electron chi connectivity index (χ4n) is 4.53. The highest BCUT2D eigenvalue weighted by Crippen LogP contribution is 2.37. The van der Waals surface area contributed by atoms with E-state index in [0.29, 0.717) is 23.1 Å². The van der Waals surface area contributed by atoms with Crippen molar-refractivity contribution in [2.75, 3.05) is 5.32 Å². The lowest BCUT2D eigenvalue weighted by Crippen LogP contribution is -2.28. The van der Waals surface area contributed by atoms with Crippen LogP contribution >= 0.6 is 11.6 Å². The van der Waals surface area contributed by atoms with E-state index in [1.165, 1.54) is 24.2 Å². The van der Waals surface area contributed by atoms with E-state index >= 15 is 0 Å². The largest absolute Gasteiger partial charge is 0.351 e. The van der Waals surface area contributed by atoms with E-state index in [0.717, 1.165) is 49.3 Å². The molecule has 0 spiro atoms. The normalized spacial score (nSPS) is 21.7. The van der Waals surface area contributed by atoms with Gasteiger partial charge in [0.05, 0.1) is 29.2 Å². The van der Waals surface area contributed by atoms with E-state index < -0.39 is 0 Å². The smallest absolute Gasteiger partial charge is 0.223 e. The number of nitrogens with zero attached hydrogens (tertiary/aromatic N) is 6. The van der Waals surface area contributed by atoms with Crippen molar-refractivity contribution in [3.8, 4) is 11.3 Å². The van der Waals surface area contributed by atoms with E-state index in [1.807, 2.05) is 24.1 Å². The molecule has 8 heteroatoms. The third-order valence-electron chi connectivity index (χ3n) is 6.48.